The average Bonchev–Trinajstić information content (AvgIpc) is 3.83. The lowest BCUT2D eigenvalue weighted by Gasteiger charge is -2.35. The molecule has 0 N–H and O–H groups in total. The average molecular weight is 820 g/mol. The third kappa shape index (κ3) is 6.23. The Morgan fingerprint density at radius 3 is 2.19 bits per heavy atom. The molecule has 1 aliphatic carbocycles. The van der Waals surface area contributed by atoms with Crippen LogP contribution in [-0.2, 0) is 6.42 Å². The molecule has 2 aromatic heterocycles. The van der Waals surface area contributed by atoms with Crippen molar-refractivity contribution in [3.05, 3.63) is 203 Å². The summed E-state index contributed by atoms with van der Waals surface area (Å²) >= 11 is 1.92. The first-order valence-electron chi connectivity index (χ1n) is 22.7. The number of thiophene rings is 1. The Kier molecular flexibility index (Phi) is 9.22. The molecule has 0 bridgehead atoms. The Hall–Kier alpha value is -6.29. The van der Waals surface area contributed by atoms with E-state index in [1.54, 1.807) is 0 Å². The molecule has 12 rings (SSSR count). The van der Waals surface area contributed by atoms with Gasteiger partial charge in [0, 0.05) is 48.5 Å². The van der Waals surface area contributed by atoms with Crippen molar-refractivity contribution in [2.75, 3.05) is 0 Å². The Labute approximate surface area is 367 Å². The van der Waals surface area contributed by atoms with Gasteiger partial charge in [0.05, 0.1) is 6.04 Å². The molecule has 0 spiro atoms. The highest BCUT2D eigenvalue weighted by atomic mass is 32.1. The Bertz CT molecular complexity index is 3350. The quantitative estimate of drug-likeness (QED) is 0.170. The standard InChI is InChI=1S/C59H49NOS/c1-3-43-44(41-27-30-49-48-21-12-14-24-55(48)62-56(49)35-41)28-25-36(2)58(60-59(43)37-15-5-4-6-16-37)42-33-52(57-50-22-11-13-23-53(50)61-54(57)34-42)47-29-26-40-31-38-17-7-8-18-39(38)32-51(40)46-20-10-9-19-45(46)47/h4-24,27,30-36,43-44,47,58H,3,25-26,28-29H2,1-2H3. The molecule has 8 aromatic carbocycles. The van der Waals surface area contributed by atoms with E-state index in [4.69, 9.17) is 9.41 Å². The van der Waals surface area contributed by atoms with Crippen LogP contribution in [0.5, 0.6) is 0 Å². The molecule has 1 aliphatic heterocycles. The molecule has 302 valence electrons. The highest BCUT2D eigenvalue weighted by molar-refractivity contribution is 7.25. The maximum atomic E-state index is 6.88. The summed E-state index contributed by atoms with van der Waals surface area (Å²) < 4.78 is 9.62. The molecule has 62 heavy (non-hydrogen) atoms. The van der Waals surface area contributed by atoms with E-state index in [9.17, 15) is 0 Å². The summed E-state index contributed by atoms with van der Waals surface area (Å²) in [5.41, 5.74) is 14.0. The molecule has 2 nitrogen and oxygen atoms in total. The van der Waals surface area contributed by atoms with Gasteiger partial charge in [-0.3, -0.25) is 4.99 Å². The molecule has 0 radical (unpaired) electrons. The summed E-state index contributed by atoms with van der Waals surface area (Å²) in [4.78, 5) is 6.03. The predicted molar refractivity (Wildman–Crippen MR) is 263 cm³/mol. The molecule has 0 saturated carbocycles. The van der Waals surface area contributed by atoms with Crippen molar-refractivity contribution < 1.29 is 4.42 Å². The first-order valence-corrected chi connectivity index (χ1v) is 23.5. The van der Waals surface area contributed by atoms with Crippen LogP contribution in [0.1, 0.15) is 90.8 Å². The van der Waals surface area contributed by atoms with Crippen molar-refractivity contribution in [1.82, 2.24) is 0 Å². The van der Waals surface area contributed by atoms with Crippen molar-refractivity contribution in [3.8, 4) is 11.1 Å². The molecule has 2 aliphatic rings. The van der Waals surface area contributed by atoms with Crippen molar-refractivity contribution in [3.63, 3.8) is 0 Å². The van der Waals surface area contributed by atoms with E-state index in [1.807, 2.05) is 11.3 Å². The monoisotopic (exact) mass is 819 g/mol. The van der Waals surface area contributed by atoms with Crippen LogP contribution < -0.4 is 0 Å². The third-order valence-electron chi connectivity index (χ3n) is 14.5. The summed E-state index contributed by atoms with van der Waals surface area (Å²) in [6.45, 7) is 4.82. The summed E-state index contributed by atoms with van der Waals surface area (Å²) in [6, 6.07) is 63.6. The first-order chi connectivity index (χ1) is 30.6. The lowest BCUT2D eigenvalue weighted by molar-refractivity contribution is 0.362. The number of aryl methyl sites for hydroxylation is 1. The van der Waals surface area contributed by atoms with Crippen molar-refractivity contribution in [1.29, 1.82) is 0 Å². The molecule has 0 amide bonds. The maximum absolute atomic E-state index is 6.88. The van der Waals surface area contributed by atoms with Crippen LogP contribution >= 0.6 is 11.3 Å². The predicted octanol–water partition coefficient (Wildman–Crippen LogP) is 16.6. The SMILES string of the molecule is CCC1C(c2ccccc2)=NC(c2cc(C3CCc4cc5ccccc5cc4-c4ccccc43)c3c(c2)oc2ccccc23)C(C)CCC1c1ccc2c(c1)sc1ccccc12. The number of aliphatic imine (C=N–C) groups is 1. The lowest BCUT2D eigenvalue weighted by Crippen LogP contribution is -2.28. The number of fused-ring (bicyclic) bond motifs is 10. The van der Waals surface area contributed by atoms with E-state index in [1.165, 1.54) is 91.9 Å². The third-order valence-corrected chi connectivity index (χ3v) is 15.6. The maximum Gasteiger partial charge on any atom is 0.136 e. The van der Waals surface area contributed by atoms with Gasteiger partial charge in [-0.2, -0.15) is 0 Å². The molecule has 10 aromatic rings. The number of rotatable bonds is 5. The Morgan fingerprint density at radius 1 is 0.581 bits per heavy atom. The molecular weight excluding hydrogens is 771 g/mol. The topological polar surface area (TPSA) is 25.5 Å². The van der Waals surface area contributed by atoms with E-state index >= 15 is 0 Å². The van der Waals surface area contributed by atoms with E-state index in [0.717, 1.165) is 43.3 Å². The van der Waals surface area contributed by atoms with E-state index in [0.29, 0.717) is 11.8 Å². The molecule has 3 heteroatoms. The number of nitrogens with zero attached hydrogens (tertiary/aromatic N) is 1. The molecule has 0 fully saturated rings. The molecular formula is C59H49NOS. The minimum absolute atomic E-state index is 0.0230. The Balaban J connectivity index is 1.03. The first kappa shape index (κ1) is 37.5. The molecule has 0 saturated heterocycles. The van der Waals surface area contributed by atoms with Crippen molar-refractivity contribution >= 4 is 69.9 Å². The van der Waals surface area contributed by atoms with Gasteiger partial charge >= 0.3 is 0 Å². The van der Waals surface area contributed by atoms with Gasteiger partial charge in [-0.05, 0) is 130 Å². The van der Waals surface area contributed by atoms with E-state index in [-0.39, 0.29) is 17.9 Å². The van der Waals surface area contributed by atoms with Gasteiger partial charge in [0.2, 0.25) is 0 Å². The molecule has 5 atom stereocenters. The van der Waals surface area contributed by atoms with Gasteiger partial charge in [0.1, 0.15) is 11.2 Å². The normalized spacial score (nSPS) is 20.5. The zero-order chi connectivity index (χ0) is 41.3. The smallest absolute Gasteiger partial charge is 0.136 e. The second kappa shape index (κ2) is 15.3. The summed E-state index contributed by atoms with van der Waals surface area (Å²) in [5.74, 6) is 1.14. The van der Waals surface area contributed by atoms with Gasteiger partial charge in [-0.15, -0.1) is 11.3 Å². The van der Waals surface area contributed by atoms with Gasteiger partial charge in [0.15, 0.2) is 0 Å². The van der Waals surface area contributed by atoms with Crippen LogP contribution in [0, 0.1) is 11.8 Å². The largest absolute Gasteiger partial charge is 0.456 e. The molecule has 3 heterocycles. The van der Waals surface area contributed by atoms with Gasteiger partial charge in [-0.25, -0.2) is 0 Å². The number of furan rings is 1. The van der Waals surface area contributed by atoms with Crippen molar-refractivity contribution in [2.24, 2.45) is 16.8 Å². The fourth-order valence-corrected chi connectivity index (χ4v) is 12.6. The van der Waals surface area contributed by atoms with Crippen LogP contribution in [-0.4, -0.2) is 5.71 Å². The van der Waals surface area contributed by atoms with Crippen molar-refractivity contribution in [2.45, 2.75) is 63.8 Å². The van der Waals surface area contributed by atoms with Crippen LogP contribution in [0.4, 0.5) is 0 Å². The van der Waals surface area contributed by atoms with E-state index in [2.05, 4.69) is 184 Å². The number of hydrogen-bond donors (Lipinski definition) is 0. The zero-order valence-corrected chi connectivity index (χ0v) is 36.2. The van der Waals surface area contributed by atoms with Gasteiger partial charge < -0.3 is 4.42 Å². The van der Waals surface area contributed by atoms with Crippen LogP contribution in [0.3, 0.4) is 0 Å². The van der Waals surface area contributed by atoms with Gasteiger partial charge in [0.25, 0.3) is 0 Å². The fourth-order valence-electron chi connectivity index (χ4n) is 11.4. The number of para-hydroxylation sites is 1. The fraction of sp³-hybridized carbons (Fsp3) is 0.203. The summed E-state index contributed by atoms with van der Waals surface area (Å²) in [5, 5.41) is 7.77. The summed E-state index contributed by atoms with van der Waals surface area (Å²) in [7, 11) is 0. The molecule has 5 unspecified atom stereocenters. The van der Waals surface area contributed by atoms with Gasteiger partial charge in [-0.1, -0.05) is 153 Å². The number of benzene rings is 8. The lowest BCUT2D eigenvalue weighted by atomic mass is 9.73. The minimum Gasteiger partial charge on any atom is -0.456 e. The highest BCUT2D eigenvalue weighted by Gasteiger charge is 2.35. The highest BCUT2D eigenvalue weighted by Crippen LogP contribution is 2.49. The second-order valence-electron chi connectivity index (χ2n) is 18.0. The number of hydrogen-bond acceptors (Lipinski definition) is 3. The minimum atomic E-state index is -0.0230. The summed E-state index contributed by atoms with van der Waals surface area (Å²) in [6.07, 6.45) is 5.24. The van der Waals surface area contributed by atoms with E-state index < -0.39 is 0 Å². The Morgan fingerprint density at radius 2 is 1.32 bits per heavy atom. The van der Waals surface area contributed by atoms with Crippen LogP contribution in [0.2, 0.25) is 0 Å². The zero-order valence-electron chi connectivity index (χ0n) is 35.4. The van der Waals surface area contributed by atoms with Crippen LogP contribution in [0.25, 0.3) is 64.0 Å². The van der Waals surface area contributed by atoms with Crippen LogP contribution in [0.15, 0.2) is 179 Å². The second-order valence-corrected chi connectivity index (χ2v) is 19.1.